The molecule has 35 heavy (non-hydrogen) atoms. The average Bonchev–Trinajstić information content (AvgIpc) is 3.21. The summed E-state index contributed by atoms with van der Waals surface area (Å²) in [6.45, 7) is 3.95. The lowest BCUT2D eigenvalue weighted by Gasteiger charge is -2.12. The van der Waals surface area contributed by atoms with Crippen LogP contribution in [-0.4, -0.2) is 43.5 Å². The minimum absolute atomic E-state index is 0.115. The number of nitrogens with zero attached hydrogens (tertiary/aromatic N) is 3. The van der Waals surface area contributed by atoms with Crippen LogP contribution >= 0.6 is 11.8 Å². The van der Waals surface area contributed by atoms with Gasteiger partial charge in [-0.1, -0.05) is 29.5 Å². The fourth-order valence-corrected chi connectivity index (χ4v) is 4.32. The van der Waals surface area contributed by atoms with Gasteiger partial charge in [0.05, 0.1) is 12.9 Å². The molecule has 11 heteroatoms. The summed E-state index contributed by atoms with van der Waals surface area (Å²) >= 11 is 1.23. The van der Waals surface area contributed by atoms with Crippen molar-refractivity contribution in [2.75, 3.05) is 18.2 Å². The lowest BCUT2D eigenvalue weighted by molar-refractivity contribution is -0.113. The second-order valence-corrected chi connectivity index (χ2v) is 8.82. The molecule has 0 radical (unpaired) electrons. The van der Waals surface area contributed by atoms with Crippen molar-refractivity contribution in [2.24, 2.45) is 0 Å². The highest BCUT2D eigenvalue weighted by molar-refractivity contribution is 7.99. The van der Waals surface area contributed by atoms with Gasteiger partial charge in [0.1, 0.15) is 11.6 Å². The van der Waals surface area contributed by atoms with E-state index in [1.807, 2.05) is 44.2 Å². The number of hydrogen-bond donors (Lipinski definition) is 3. The van der Waals surface area contributed by atoms with Crippen molar-refractivity contribution in [3.8, 4) is 11.4 Å². The first-order chi connectivity index (χ1) is 16.8. The summed E-state index contributed by atoms with van der Waals surface area (Å²) in [6.07, 6.45) is 0.160. The molecule has 2 aromatic heterocycles. The maximum atomic E-state index is 12.6. The van der Waals surface area contributed by atoms with Crippen LogP contribution in [0.2, 0.25) is 0 Å². The average molecular weight is 493 g/mol. The first kappa shape index (κ1) is 24.0. The normalized spacial score (nSPS) is 10.8. The number of H-pyrrole nitrogens is 2. The molecule has 1 amide bonds. The number of rotatable bonds is 8. The number of ether oxygens (including phenoxy) is 1. The number of aromatic nitrogens is 5. The van der Waals surface area contributed by atoms with E-state index in [0.717, 1.165) is 22.5 Å². The molecule has 180 valence electrons. The molecule has 0 unspecified atom stereocenters. The number of carbonyl (C=O) groups is 1. The number of hydrogen-bond acceptors (Lipinski definition) is 7. The molecule has 10 nitrogen and oxygen atoms in total. The molecule has 0 saturated heterocycles. The predicted molar refractivity (Wildman–Crippen MR) is 134 cm³/mol. The molecule has 0 aliphatic rings. The Labute approximate surface area is 204 Å². The van der Waals surface area contributed by atoms with Gasteiger partial charge in [-0.15, -0.1) is 10.2 Å². The van der Waals surface area contributed by atoms with E-state index < -0.39 is 11.2 Å². The van der Waals surface area contributed by atoms with Crippen LogP contribution in [0, 0.1) is 13.8 Å². The van der Waals surface area contributed by atoms with E-state index in [9.17, 15) is 14.4 Å². The topological polar surface area (TPSA) is 135 Å². The summed E-state index contributed by atoms with van der Waals surface area (Å²) in [4.78, 5) is 40.8. The molecule has 2 heterocycles. The predicted octanol–water partition coefficient (Wildman–Crippen LogP) is 2.59. The highest BCUT2D eigenvalue weighted by atomic mass is 32.2. The van der Waals surface area contributed by atoms with Crippen LogP contribution in [0.3, 0.4) is 0 Å². The minimum Gasteiger partial charge on any atom is -0.497 e. The highest BCUT2D eigenvalue weighted by Crippen LogP contribution is 2.25. The number of benzene rings is 2. The van der Waals surface area contributed by atoms with E-state index in [1.165, 1.54) is 17.8 Å². The van der Waals surface area contributed by atoms with Gasteiger partial charge in [0.25, 0.3) is 5.56 Å². The molecular formula is C24H24N6O4S. The lowest BCUT2D eigenvalue weighted by Crippen LogP contribution is -2.23. The molecular weight excluding hydrogens is 468 g/mol. The first-order valence-corrected chi connectivity index (χ1v) is 11.7. The Morgan fingerprint density at radius 2 is 1.83 bits per heavy atom. The van der Waals surface area contributed by atoms with Crippen LogP contribution in [-0.2, 0) is 11.2 Å². The number of methoxy groups -OCH3 is 1. The molecule has 4 rings (SSSR count). The summed E-state index contributed by atoms with van der Waals surface area (Å²) in [5.74, 6) is 1.12. The van der Waals surface area contributed by atoms with Gasteiger partial charge in [-0.3, -0.25) is 19.1 Å². The second-order valence-electron chi connectivity index (χ2n) is 7.88. The standard InChI is InChI=1S/C24H24N6O4S/c1-14-4-9-19(15(2)10-14)26-22(32)13-35-24-29-28-20(11-16-12-21(31)27-23(33)25-16)30(24)17-5-7-18(34-3)8-6-17/h4-10,12H,11,13H2,1-3H3,(H,26,32)(H2,25,27,31,33). The molecule has 2 aromatic carbocycles. The highest BCUT2D eigenvalue weighted by Gasteiger charge is 2.17. The molecule has 0 saturated carbocycles. The van der Waals surface area contributed by atoms with Crippen LogP contribution in [0.15, 0.2) is 63.3 Å². The van der Waals surface area contributed by atoms with Crippen LogP contribution in [0.1, 0.15) is 22.6 Å². The van der Waals surface area contributed by atoms with Gasteiger partial charge in [0, 0.05) is 29.6 Å². The number of thioether (sulfide) groups is 1. The molecule has 0 aliphatic heterocycles. The van der Waals surface area contributed by atoms with Gasteiger partial charge in [-0.2, -0.15) is 0 Å². The van der Waals surface area contributed by atoms with Crippen molar-refractivity contribution >= 4 is 23.4 Å². The molecule has 0 aliphatic carbocycles. The number of nitrogens with one attached hydrogen (secondary N) is 3. The zero-order chi connectivity index (χ0) is 24.9. The van der Waals surface area contributed by atoms with Crippen molar-refractivity contribution in [1.29, 1.82) is 0 Å². The van der Waals surface area contributed by atoms with Gasteiger partial charge < -0.3 is 15.0 Å². The lowest BCUT2D eigenvalue weighted by atomic mass is 10.1. The quantitative estimate of drug-likeness (QED) is 0.322. The third kappa shape index (κ3) is 5.87. The van der Waals surface area contributed by atoms with Gasteiger partial charge in [0.15, 0.2) is 5.16 Å². The summed E-state index contributed by atoms with van der Waals surface area (Å²) in [5, 5.41) is 12.0. The molecule has 0 spiro atoms. The molecule has 0 bridgehead atoms. The minimum atomic E-state index is -0.597. The Bertz CT molecular complexity index is 1440. The SMILES string of the molecule is COc1ccc(-n2c(Cc3cc(=O)[nH]c(=O)[nH]3)nnc2SCC(=O)Nc2ccc(C)cc2C)cc1. The van der Waals surface area contributed by atoms with Gasteiger partial charge in [-0.05, 0) is 49.7 Å². The zero-order valence-electron chi connectivity index (χ0n) is 19.4. The Hall–Kier alpha value is -4.12. The van der Waals surface area contributed by atoms with Crippen molar-refractivity contribution in [1.82, 2.24) is 24.7 Å². The fraction of sp³-hybridized carbons (Fsp3) is 0.208. The number of aromatic amines is 2. The van der Waals surface area contributed by atoms with Crippen molar-refractivity contribution < 1.29 is 9.53 Å². The van der Waals surface area contributed by atoms with Crippen LogP contribution in [0.4, 0.5) is 5.69 Å². The summed E-state index contributed by atoms with van der Waals surface area (Å²) in [7, 11) is 1.58. The van der Waals surface area contributed by atoms with Crippen molar-refractivity contribution in [3.63, 3.8) is 0 Å². The molecule has 4 aromatic rings. The Kier molecular flexibility index (Phi) is 7.16. The monoisotopic (exact) mass is 492 g/mol. The third-order valence-electron chi connectivity index (χ3n) is 5.18. The largest absolute Gasteiger partial charge is 0.497 e. The Morgan fingerprint density at radius 1 is 1.06 bits per heavy atom. The fourth-order valence-electron chi connectivity index (χ4n) is 3.55. The molecule has 0 atom stereocenters. The van der Waals surface area contributed by atoms with E-state index in [-0.39, 0.29) is 18.1 Å². The maximum absolute atomic E-state index is 12.6. The molecule has 0 fully saturated rings. The molecule has 3 N–H and O–H groups in total. The summed E-state index contributed by atoms with van der Waals surface area (Å²) in [6, 6.07) is 14.4. The number of aryl methyl sites for hydroxylation is 2. The van der Waals surface area contributed by atoms with Crippen LogP contribution in [0.5, 0.6) is 5.75 Å². The van der Waals surface area contributed by atoms with E-state index in [1.54, 1.807) is 23.8 Å². The smallest absolute Gasteiger partial charge is 0.325 e. The van der Waals surface area contributed by atoms with Crippen LogP contribution in [0.25, 0.3) is 5.69 Å². The second kappa shape index (κ2) is 10.4. The Balaban J connectivity index is 1.59. The van der Waals surface area contributed by atoms with Gasteiger partial charge in [0.2, 0.25) is 5.91 Å². The van der Waals surface area contributed by atoms with Gasteiger partial charge in [-0.25, -0.2) is 4.79 Å². The maximum Gasteiger partial charge on any atom is 0.325 e. The van der Waals surface area contributed by atoms with Crippen molar-refractivity contribution in [2.45, 2.75) is 25.4 Å². The summed E-state index contributed by atoms with van der Waals surface area (Å²) < 4.78 is 7.03. The summed E-state index contributed by atoms with van der Waals surface area (Å²) in [5.41, 5.74) is 2.91. The van der Waals surface area contributed by atoms with E-state index in [4.69, 9.17) is 4.74 Å². The third-order valence-corrected chi connectivity index (χ3v) is 6.11. The number of amides is 1. The van der Waals surface area contributed by atoms with Crippen molar-refractivity contribution in [3.05, 3.63) is 92.0 Å². The van der Waals surface area contributed by atoms with E-state index in [2.05, 4.69) is 25.5 Å². The van der Waals surface area contributed by atoms with E-state index >= 15 is 0 Å². The number of anilines is 1. The van der Waals surface area contributed by atoms with Crippen LogP contribution < -0.4 is 21.3 Å². The first-order valence-electron chi connectivity index (χ1n) is 10.7. The van der Waals surface area contributed by atoms with E-state index in [0.29, 0.717) is 22.4 Å². The Morgan fingerprint density at radius 3 is 2.51 bits per heavy atom. The van der Waals surface area contributed by atoms with Gasteiger partial charge >= 0.3 is 5.69 Å². The zero-order valence-corrected chi connectivity index (χ0v) is 20.2. The number of carbonyl (C=O) groups excluding carboxylic acids is 1.